The summed E-state index contributed by atoms with van der Waals surface area (Å²) in [6.45, 7) is 20.4. The van der Waals surface area contributed by atoms with E-state index in [1.54, 1.807) is 6.20 Å². The molecule has 1 heterocycles. The highest BCUT2D eigenvalue weighted by Crippen LogP contribution is 2.42. The van der Waals surface area contributed by atoms with E-state index in [2.05, 4.69) is 79.4 Å². The van der Waals surface area contributed by atoms with Crippen LogP contribution < -0.4 is 0 Å². The first-order chi connectivity index (χ1) is 11.8. The lowest BCUT2D eigenvalue weighted by molar-refractivity contribution is 0.550. The third-order valence-electron chi connectivity index (χ3n) is 4.61. The molecule has 0 N–H and O–H groups in total. The smallest absolute Gasteiger partial charge is 0.0812 e. The Labute approximate surface area is 159 Å². The Morgan fingerprint density at radius 1 is 0.769 bits per heavy atom. The summed E-state index contributed by atoms with van der Waals surface area (Å²) in [4.78, 5) is 9.33. The molecular weight excluding hydrogens is 316 g/mol. The van der Waals surface area contributed by atoms with Crippen molar-refractivity contribution in [2.75, 3.05) is 0 Å². The highest BCUT2D eigenvalue weighted by atomic mass is 14.8. The number of benzene rings is 1. The van der Waals surface area contributed by atoms with E-state index in [4.69, 9.17) is 4.99 Å². The van der Waals surface area contributed by atoms with E-state index in [0.29, 0.717) is 0 Å². The molecule has 0 aliphatic heterocycles. The Morgan fingerprint density at radius 2 is 1.31 bits per heavy atom. The van der Waals surface area contributed by atoms with Crippen LogP contribution in [0.1, 0.15) is 84.7 Å². The number of hydrogen-bond donors (Lipinski definition) is 0. The zero-order valence-electron chi connectivity index (χ0n) is 17.9. The van der Waals surface area contributed by atoms with Gasteiger partial charge in [-0.3, -0.25) is 9.98 Å². The zero-order chi connectivity index (χ0) is 19.8. The molecule has 0 spiro atoms. The van der Waals surface area contributed by atoms with Crippen LogP contribution in [-0.2, 0) is 16.2 Å². The van der Waals surface area contributed by atoms with Crippen molar-refractivity contribution < 1.29 is 0 Å². The molecule has 2 heteroatoms. The summed E-state index contributed by atoms with van der Waals surface area (Å²) in [5, 5.41) is 0. The van der Waals surface area contributed by atoms with Gasteiger partial charge in [-0.2, -0.15) is 0 Å². The van der Waals surface area contributed by atoms with E-state index in [9.17, 15) is 0 Å². The largest absolute Gasteiger partial charge is 0.255 e. The van der Waals surface area contributed by atoms with Crippen molar-refractivity contribution in [2.24, 2.45) is 4.99 Å². The standard InChI is InChI=1S/C24H34N2/c1-22(2,3)17-14-19(23(4,5)6)21(20(15-17)24(7,8)9)26-16-18-12-10-11-13-25-18/h10-16H,1-9H3. The maximum Gasteiger partial charge on any atom is 0.0812 e. The summed E-state index contributed by atoms with van der Waals surface area (Å²) >= 11 is 0. The molecule has 0 saturated heterocycles. The molecule has 0 fully saturated rings. The maximum absolute atomic E-state index is 4.94. The molecule has 0 amide bonds. The van der Waals surface area contributed by atoms with Crippen LogP contribution in [0.5, 0.6) is 0 Å². The molecule has 26 heavy (non-hydrogen) atoms. The second kappa shape index (κ2) is 6.98. The summed E-state index contributed by atoms with van der Waals surface area (Å²) in [7, 11) is 0. The van der Waals surface area contributed by atoms with Gasteiger partial charge in [0.1, 0.15) is 0 Å². The number of pyridine rings is 1. The Balaban J connectivity index is 2.76. The Bertz CT molecular complexity index is 745. The predicted octanol–water partition coefficient (Wildman–Crippen LogP) is 6.72. The molecule has 0 unspecified atom stereocenters. The summed E-state index contributed by atoms with van der Waals surface area (Å²) in [5.41, 5.74) is 6.04. The minimum Gasteiger partial charge on any atom is -0.255 e. The van der Waals surface area contributed by atoms with Crippen LogP contribution in [0.2, 0.25) is 0 Å². The van der Waals surface area contributed by atoms with Crippen LogP contribution in [0.15, 0.2) is 41.5 Å². The van der Waals surface area contributed by atoms with Crippen molar-refractivity contribution in [1.29, 1.82) is 0 Å². The van der Waals surface area contributed by atoms with E-state index in [1.807, 2.05) is 24.4 Å². The van der Waals surface area contributed by atoms with Gasteiger partial charge in [-0.05, 0) is 45.1 Å². The quantitative estimate of drug-likeness (QED) is 0.551. The predicted molar refractivity (Wildman–Crippen MR) is 114 cm³/mol. The molecule has 1 aromatic carbocycles. The van der Waals surface area contributed by atoms with Crippen molar-refractivity contribution in [1.82, 2.24) is 4.98 Å². The van der Waals surface area contributed by atoms with Crippen molar-refractivity contribution in [3.8, 4) is 0 Å². The van der Waals surface area contributed by atoms with E-state index < -0.39 is 0 Å². The van der Waals surface area contributed by atoms with Crippen LogP contribution in [0.4, 0.5) is 5.69 Å². The number of nitrogens with zero attached hydrogens (tertiary/aromatic N) is 2. The van der Waals surface area contributed by atoms with Gasteiger partial charge >= 0.3 is 0 Å². The van der Waals surface area contributed by atoms with E-state index in [0.717, 1.165) is 11.4 Å². The zero-order valence-corrected chi connectivity index (χ0v) is 17.9. The van der Waals surface area contributed by atoms with Gasteiger partial charge in [-0.1, -0.05) is 80.5 Å². The fourth-order valence-electron chi connectivity index (χ4n) is 2.93. The van der Waals surface area contributed by atoms with Gasteiger partial charge in [-0.15, -0.1) is 0 Å². The molecule has 2 aromatic rings. The lowest BCUT2D eigenvalue weighted by Crippen LogP contribution is -2.21. The fourth-order valence-corrected chi connectivity index (χ4v) is 2.93. The van der Waals surface area contributed by atoms with Crippen LogP contribution in [-0.4, -0.2) is 11.2 Å². The van der Waals surface area contributed by atoms with Crippen molar-refractivity contribution in [3.63, 3.8) is 0 Å². The van der Waals surface area contributed by atoms with E-state index in [-0.39, 0.29) is 16.2 Å². The van der Waals surface area contributed by atoms with Crippen LogP contribution in [0, 0.1) is 0 Å². The normalized spacial score (nSPS) is 13.4. The SMILES string of the molecule is CC(C)(C)c1cc(C(C)(C)C)c(N=Cc2ccccn2)c(C(C)(C)C)c1. The molecule has 2 nitrogen and oxygen atoms in total. The number of aromatic nitrogens is 1. The van der Waals surface area contributed by atoms with Crippen molar-refractivity contribution in [2.45, 2.75) is 78.6 Å². The third kappa shape index (κ3) is 4.81. The monoisotopic (exact) mass is 350 g/mol. The lowest BCUT2D eigenvalue weighted by Gasteiger charge is -2.32. The van der Waals surface area contributed by atoms with Gasteiger partial charge in [0.2, 0.25) is 0 Å². The molecule has 1 aromatic heterocycles. The highest BCUT2D eigenvalue weighted by molar-refractivity contribution is 5.81. The second-order valence-corrected chi connectivity index (χ2v) is 10.2. The van der Waals surface area contributed by atoms with Gasteiger partial charge in [0.25, 0.3) is 0 Å². The van der Waals surface area contributed by atoms with Gasteiger partial charge in [0.05, 0.1) is 17.6 Å². The van der Waals surface area contributed by atoms with Gasteiger partial charge in [0.15, 0.2) is 0 Å². The molecule has 0 aliphatic carbocycles. The third-order valence-corrected chi connectivity index (χ3v) is 4.61. The number of hydrogen-bond acceptors (Lipinski definition) is 2. The van der Waals surface area contributed by atoms with Crippen LogP contribution in [0.3, 0.4) is 0 Å². The molecular formula is C24H34N2. The summed E-state index contributed by atoms with van der Waals surface area (Å²) in [6.07, 6.45) is 3.69. The molecule has 0 bridgehead atoms. The molecule has 0 atom stereocenters. The second-order valence-electron chi connectivity index (χ2n) is 10.2. The summed E-state index contributed by atoms with van der Waals surface area (Å²) < 4.78 is 0. The average molecular weight is 351 g/mol. The van der Waals surface area contributed by atoms with Crippen LogP contribution in [0.25, 0.3) is 0 Å². The topological polar surface area (TPSA) is 25.2 Å². The van der Waals surface area contributed by atoms with E-state index >= 15 is 0 Å². The molecule has 0 aliphatic rings. The number of rotatable bonds is 2. The van der Waals surface area contributed by atoms with Crippen molar-refractivity contribution in [3.05, 3.63) is 58.9 Å². The maximum atomic E-state index is 4.94. The minimum absolute atomic E-state index is 0.0120. The highest BCUT2D eigenvalue weighted by Gasteiger charge is 2.28. The Hall–Kier alpha value is -1.96. The Kier molecular flexibility index (Phi) is 5.46. The summed E-state index contributed by atoms with van der Waals surface area (Å²) in [6, 6.07) is 10.6. The molecule has 2 rings (SSSR count). The van der Waals surface area contributed by atoms with E-state index in [1.165, 1.54) is 16.7 Å². The fraction of sp³-hybridized carbons (Fsp3) is 0.500. The Morgan fingerprint density at radius 3 is 1.69 bits per heavy atom. The first-order valence-corrected chi connectivity index (χ1v) is 9.45. The first-order valence-electron chi connectivity index (χ1n) is 9.45. The number of aliphatic imine (C=N–C) groups is 1. The summed E-state index contributed by atoms with van der Waals surface area (Å²) in [5.74, 6) is 0. The van der Waals surface area contributed by atoms with Gasteiger partial charge in [-0.25, -0.2) is 0 Å². The van der Waals surface area contributed by atoms with Crippen molar-refractivity contribution >= 4 is 11.9 Å². The first kappa shape index (κ1) is 20.4. The lowest BCUT2D eigenvalue weighted by atomic mass is 9.74. The molecule has 140 valence electrons. The van der Waals surface area contributed by atoms with Gasteiger partial charge in [0, 0.05) is 6.20 Å². The average Bonchev–Trinajstić information content (AvgIpc) is 2.50. The van der Waals surface area contributed by atoms with Gasteiger partial charge < -0.3 is 0 Å². The van der Waals surface area contributed by atoms with Crippen LogP contribution >= 0.6 is 0 Å². The molecule has 0 radical (unpaired) electrons. The molecule has 0 saturated carbocycles. The minimum atomic E-state index is 0.0120.